The zero-order chi connectivity index (χ0) is 15.6. The van der Waals surface area contributed by atoms with E-state index < -0.39 is 0 Å². The summed E-state index contributed by atoms with van der Waals surface area (Å²) >= 11 is 0. The summed E-state index contributed by atoms with van der Waals surface area (Å²) in [7, 11) is 1.64. The summed E-state index contributed by atoms with van der Waals surface area (Å²) in [6, 6.07) is 3.68. The first kappa shape index (κ1) is 16.9. The van der Waals surface area contributed by atoms with Gasteiger partial charge in [0.2, 0.25) is 0 Å². The average molecular weight is 308 g/mol. The summed E-state index contributed by atoms with van der Waals surface area (Å²) in [5.74, 6) is 1.57. The van der Waals surface area contributed by atoms with Crippen molar-refractivity contribution < 1.29 is 13.9 Å². The summed E-state index contributed by atoms with van der Waals surface area (Å²) in [6.45, 7) is 2.32. The Bertz CT molecular complexity index is 414. The van der Waals surface area contributed by atoms with Gasteiger partial charge >= 0.3 is 6.03 Å². The normalized spacial score (nSPS) is 15.7. The minimum atomic E-state index is -0.0377. The molecule has 0 bridgehead atoms. The molecule has 1 aromatic rings. The molecule has 22 heavy (non-hydrogen) atoms. The Labute approximate surface area is 133 Å². The first-order valence-corrected chi connectivity index (χ1v) is 8.33. The topological polar surface area (TPSA) is 54.7 Å². The number of carbonyl (C=O) groups is 1. The Morgan fingerprint density at radius 3 is 2.91 bits per heavy atom. The molecule has 2 rings (SSSR count). The highest BCUT2D eigenvalue weighted by atomic mass is 16.5. The van der Waals surface area contributed by atoms with Gasteiger partial charge in [-0.15, -0.1) is 0 Å². The Balaban J connectivity index is 1.74. The molecule has 5 nitrogen and oxygen atoms in total. The molecular weight excluding hydrogens is 280 g/mol. The van der Waals surface area contributed by atoms with Crippen molar-refractivity contribution >= 4 is 6.03 Å². The molecule has 1 aromatic heterocycles. The van der Waals surface area contributed by atoms with Crippen LogP contribution in [0, 0.1) is 5.92 Å². The number of nitrogens with one attached hydrogen (secondary N) is 1. The number of rotatable bonds is 8. The number of hydrogen-bond acceptors (Lipinski definition) is 3. The summed E-state index contributed by atoms with van der Waals surface area (Å²) in [6.07, 6.45) is 9.41. The van der Waals surface area contributed by atoms with E-state index in [2.05, 4.69) is 5.32 Å². The number of amides is 2. The highest BCUT2D eigenvalue weighted by Gasteiger charge is 2.17. The molecular formula is C17H28N2O3. The van der Waals surface area contributed by atoms with Crippen molar-refractivity contribution in [2.75, 3.05) is 26.8 Å². The van der Waals surface area contributed by atoms with Gasteiger partial charge in [0.15, 0.2) is 0 Å². The quantitative estimate of drug-likeness (QED) is 0.800. The highest BCUT2D eigenvalue weighted by Crippen LogP contribution is 2.25. The van der Waals surface area contributed by atoms with Gasteiger partial charge in [0.1, 0.15) is 5.76 Å². The van der Waals surface area contributed by atoms with Gasteiger partial charge in [-0.1, -0.05) is 32.1 Å². The Morgan fingerprint density at radius 1 is 1.41 bits per heavy atom. The number of nitrogens with zero attached hydrogens (tertiary/aromatic N) is 1. The molecule has 1 aliphatic rings. The fourth-order valence-corrected chi connectivity index (χ4v) is 3.02. The molecule has 5 heteroatoms. The molecule has 0 spiro atoms. The lowest BCUT2D eigenvalue weighted by atomic mass is 9.87. The van der Waals surface area contributed by atoms with Gasteiger partial charge in [-0.3, -0.25) is 0 Å². The molecule has 0 atom stereocenters. The predicted octanol–water partition coefficient (Wildman–Crippen LogP) is 3.41. The van der Waals surface area contributed by atoms with Crippen molar-refractivity contribution in [1.82, 2.24) is 10.2 Å². The van der Waals surface area contributed by atoms with Crippen molar-refractivity contribution in [2.45, 2.75) is 45.1 Å². The monoisotopic (exact) mass is 308 g/mol. The minimum absolute atomic E-state index is 0.0377. The van der Waals surface area contributed by atoms with Crippen LogP contribution in [0.1, 0.15) is 44.3 Å². The van der Waals surface area contributed by atoms with E-state index in [4.69, 9.17) is 9.15 Å². The Kier molecular flexibility index (Phi) is 7.30. The van der Waals surface area contributed by atoms with E-state index in [1.165, 1.54) is 32.1 Å². The van der Waals surface area contributed by atoms with Crippen LogP contribution < -0.4 is 5.32 Å². The Morgan fingerprint density at radius 2 is 2.23 bits per heavy atom. The third-order valence-corrected chi connectivity index (χ3v) is 4.33. The van der Waals surface area contributed by atoms with Gasteiger partial charge < -0.3 is 19.4 Å². The molecule has 0 aliphatic heterocycles. The lowest BCUT2D eigenvalue weighted by Crippen LogP contribution is -2.41. The van der Waals surface area contributed by atoms with E-state index in [-0.39, 0.29) is 6.03 Å². The van der Waals surface area contributed by atoms with Crippen LogP contribution in [0.5, 0.6) is 0 Å². The fourth-order valence-electron chi connectivity index (χ4n) is 3.02. The van der Waals surface area contributed by atoms with Crippen LogP contribution in [0.3, 0.4) is 0 Å². The lowest BCUT2D eigenvalue weighted by molar-refractivity contribution is 0.142. The van der Waals surface area contributed by atoms with Gasteiger partial charge in [0, 0.05) is 20.2 Å². The molecule has 0 radical (unpaired) electrons. The molecule has 0 unspecified atom stereocenters. The maximum absolute atomic E-state index is 12.3. The van der Waals surface area contributed by atoms with Gasteiger partial charge in [-0.05, 0) is 24.5 Å². The van der Waals surface area contributed by atoms with Gasteiger partial charge in [-0.2, -0.15) is 0 Å². The predicted molar refractivity (Wildman–Crippen MR) is 85.6 cm³/mol. The van der Waals surface area contributed by atoms with Crippen LogP contribution in [0.15, 0.2) is 22.8 Å². The molecule has 1 fully saturated rings. The third-order valence-electron chi connectivity index (χ3n) is 4.33. The maximum Gasteiger partial charge on any atom is 0.317 e. The van der Waals surface area contributed by atoms with Crippen LogP contribution in [0.25, 0.3) is 0 Å². The number of carbonyl (C=O) groups excluding carboxylic acids is 1. The standard InChI is InChI=1S/C17H28N2O3/c1-21-13-11-19(14-16-8-5-12-22-16)17(20)18-10-9-15-6-3-2-4-7-15/h5,8,12,15H,2-4,6-7,9-11,13-14H2,1H3,(H,18,20). The zero-order valence-electron chi connectivity index (χ0n) is 13.6. The van der Waals surface area contributed by atoms with Gasteiger partial charge in [0.25, 0.3) is 0 Å². The highest BCUT2D eigenvalue weighted by molar-refractivity contribution is 5.74. The molecule has 1 heterocycles. The van der Waals surface area contributed by atoms with E-state index >= 15 is 0 Å². The second-order valence-corrected chi connectivity index (χ2v) is 6.02. The Hall–Kier alpha value is -1.49. The van der Waals surface area contributed by atoms with Gasteiger partial charge in [0.05, 0.1) is 19.4 Å². The SMILES string of the molecule is COCCN(Cc1ccco1)C(=O)NCCC1CCCCC1. The van der Waals surface area contributed by atoms with Crippen LogP contribution in [0.4, 0.5) is 4.79 Å². The van der Waals surface area contributed by atoms with Crippen molar-refractivity contribution in [3.8, 4) is 0 Å². The average Bonchev–Trinajstić information content (AvgIpc) is 3.05. The molecule has 1 saturated carbocycles. The first-order chi connectivity index (χ1) is 10.8. The number of ether oxygens (including phenoxy) is 1. The number of hydrogen-bond donors (Lipinski definition) is 1. The number of methoxy groups -OCH3 is 1. The van der Waals surface area contributed by atoms with E-state index in [9.17, 15) is 4.79 Å². The van der Waals surface area contributed by atoms with Crippen molar-refractivity contribution in [3.63, 3.8) is 0 Å². The first-order valence-electron chi connectivity index (χ1n) is 8.33. The lowest BCUT2D eigenvalue weighted by Gasteiger charge is -2.24. The second-order valence-electron chi connectivity index (χ2n) is 6.02. The molecule has 1 N–H and O–H groups in total. The third kappa shape index (κ3) is 5.72. The summed E-state index contributed by atoms with van der Waals surface area (Å²) in [4.78, 5) is 14.1. The molecule has 124 valence electrons. The number of urea groups is 1. The second kappa shape index (κ2) is 9.51. The fraction of sp³-hybridized carbons (Fsp3) is 0.706. The van der Waals surface area contributed by atoms with Crippen LogP contribution in [-0.4, -0.2) is 37.7 Å². The van der Waals surface area contributed by atoms with Crippen LogP contribution in [0.2, 0.25) is 0 Å². The van der Waals surface area contributed by atoms with Crippen molar-refractivity contribution in [2.24, 2.45) is 5.92 Å². The molecule has 2 amide bonds. The van der Waals surface area contributed by atoms with Crippen molar-refractivity contribution in [1.29, 1.82) is 0 Å². The van der Waals surface area contributed by atoms with Crippen LogP contribution >= 0.6 is 0 Å². The molecule has 0 aromatic carbocycles. The van der Waals surface area contributed by atoms with E-state index in [0.717, 1.165) is 24.6 Å². The summed E-state index contributed by atoms with van der Waals surface area (Å²) < 4.78 is 10.4. The van der Waals surface area contributed by atoms with E-state index in [0.29, 0.717) is 19.7 Å². The van der Waals surface area contributed by atoms with E-state index in [1.807, 2.05) is 12.1 Å². The largest absolute Gasteiger partial charge is 0.467 e. The minimum Gasteiger partial charge on any atom is -0.467 e. The summed E-state index contributed by atoms with van der Waals surface area (Å²) in [5.41, 5.74) is 0. The van der Waals surface area contributed by atoms with Gasteiger partial charge in [-0.25, -0.2) is 4.79 Å². The van der Waals surface area contributed by atoms with Crippen molar-refractivity contribution in [3.05, 3.63) is 24.2 Å². The zero-order valence-corrected chi connectivity index (χ0v) is 13.6. The van der Waals surface area contributed by atoms with Crippen LogP contribution in [-0.2, 0) is 11.3 Å². The maximum atomic E-state index is 12.3. The molecule has 1 aliphatic carbocycles. The summed E-state index contributed by atoms with van der Waals surface area (Å²) in [5, 5.41) is 3.04. The molecule has 0 saturated heterocycles. The smallest absolute Gasteiger partial charge is 0.317 e. The number of furan rings is 1. The van der Waals surface area contributed by atoms with E-state index in [1.54, 1.807) is 18.3 Å².